The van der Waals surface area contributed by atoms with Crippen LogP contribution in [-0.2, 0) is 16.0 Å². The van der Waals surface area contributed by atoms with E-state index < -0.39 is 17.3 Å². The third kappa shape index (κ3) is 4.65. The molecule has 0 aliphatic rings. The predicted molar refractivity (Wildman–Crippen MR) is 112 cm³/mol. The number of esters is 1. The van der Waals surface area contributed by atoms with Crippen molar-refractivity contribution in [3.8, 4) is 11.4 Å². The molecule has 0 unspecified atom stereocenters. The Morgan fingerprint density at radius 3 is 2.40 bits per heavy atom. The second-order valence-corrected chi connectivity index (χ2v) is 6.46. The number of nitrogens with one attached hydrogen (secondary N) is 1. The number of aromatic nitrogens is 2. The zero-order valence-corrected chi connectivity index (χ0v) is 16.9. The lowest BCUT2D eigenvalue weighted by Crippen LogP contribution is -2.20. The molecule has 1 N–H and O–H groups in total. The number of methoxy groups -OCH3 is 1. The summed E-state index contributed by atoms with van der Waals surface area (Å²) in [5.74, 6) is -0.194. The highest BCUT2D eigenvalue weighted by Gasteiger charge is 2.20. The van der Waals surface area contributed by atoms with Crippen LogP contribution in [0.1, 0.15) is 25.1 Å². The van der Waals surface area contributed by atoms with Crippen LogP contribution in [0.2, 0.25) is 0 Å². The minimum absolute atomic E-state index is 0.134. The van der Waals surface area contributed by atoms with Crippen LogP contribution in [0.15, 0.2) is 58.3 Å². The normalized spacial score (nSPS) is 11.4. The lowest BCUT2D eigenvalue weighted by molar-refractivity contribution is -0.139. The standard InChI is InChI=1S/C22H22FN3O4/c1-4-30-18-11-7-16(8-12-18)24-14(2)21-19(13-20(27)29-3)25-26(22(21)28)17-9-5-15(23)6-10-17/h5-12,25H,4,13H2,1-3H3. The number of benzene rings is 2. The molecule has 1 heterocycles. The molecule has 0 bridgehead atoms. The van der Waals surface area contributed by atoms with Crippen LogP contribution in [0, 0.1) is 5.82 Å². The number of ether oxygens (including phenoxy) is 2. The Balaban J connectivity index is 2.05. The Labute approximate surface area is 172 Å². The van der Waals surface area contributed by atoms with E-state index in [1.807, 2.05) is 6.92 Å². The van der Waals surface area contributed by atoms with Crippen LogP contribution in [0.4, 0.5) is 10.1 Å². The summed E-state index contributed by atoms with van der Waals surface area (Å²) in [5, 5.41) is 2.92. The molecule has 30 heavy (non-hydrogen) atoms. The minimum Gasteiger partial charge on any atom is -0.494 e. The number of hydrogen-bond acceptors (Lipinski definition) is 5. The van der Waals surface area contributed by atoms with Gasteiger partial charge in [-0.1, -0.05) is 0 Å². The van der Waals surface area contributed by atoms with Crippen molar-refractivity contribution in [2.75, 3.05) is 13.7 Å². The first kappa shape index (κ1) is 21.0. The Hall–Kier alpha value is -3.68. The molecule has 156 valence electrons. The number of nitrogens with zero attached hydrogens (tertiary/aromatic N) is 2. The van der Waals surface area contributed by atoms with Gasteiger partial charge in [0.05, 0.1) is 48.5 Å². The van der Waals surface area contributed by atoms with E-state index in [4.69, 9.17) is 9.47 Å². The molecule has 0 saturated carbocycles. The molecule has 0 fully saturated rings. The van der Waals surface area contributed by atoms with Crippen LogP contribution < -0.4 is 10.3 Å². The van der Waals surface area contributed by atoms with Crippen LogP contribution in [0.5, 0.6) is 5.75 Å². The molecule has 8 heteroatoms. The summed E-state index contributed by atoms with van der Waals surface area (Å²) in [6.45, 7) is 4.15. The second kappa shape index (κ2) is 9.21. The largest absolute Gasteiger partial charge is 0.494 e. The topological polar surface area (TPSA) is 85.7 Å². The molecule has 2 aromatic carbocycles. The minimum atomic E-state index is -0.502. The number of aromatic amines is 1. The summed E-state index contributed by atoms with van der Waals surface area (Å²) >= 11 is 0. The van der Waals surface area contributed by atoms with E-state index in [0.717, 1.165) is 5.75 Å². The lowest BCUT2D eigenvalue weighted by atomic mass is 10.1. The van der Waals surface area contributed by atoms with E-state index in [1.54, 1.807) is 31.2 Å². The molecule has 0 spiro atoms. The fourth-order valence-electron chi connectivity index (χ4n) is 3.01. The Morgan fingerprint density at radius 1 is 1.13 bits per heavy atom. The first-order valence-corrected chi connectivity index (χ1v) is 9.38. The number of rotatable bonds is 7. The summed E-state index contributed by atoms with van der Waals surface area (Å²) in [5.41, 5.74) is 1.73. The van der Waals surface area contributed by atoms with E-state index >= 15 is 0 Å². The molecular weight excluding hydrogens is 389 g/mol. The van der Waals surface area contributed by atoms with Crippen LogP contribution in [0.3, 0.4) is 0 Å². The fraction of sp³-hybridized carbons (Fsp3) is 0.227. The monoisotopic (exact) mass is 411 g/mol. The average molecular weight is 411 g/mol. The Morgan fingerprint density at radius 2 is 1.80 bits per heavy atom. The second-order valence-electron chi connectivity index (χ2n) is 6.46. The van der Waals surface area contributed by atoms with Gasteiger partial charge >= 0.3 is 5.97 Å². The van der Waals surface area contributed by atoms with E-state index in [9.17, 15) is 14.0 Å². The van der Waals surface area contributed by atoms with Gasteiger partial charge < -0.3 is 9.47 Å². The highest BCUT2D eigenvalue weighted by atomic mass is 19.1. The van der Waals surface area contributed by atoms with Gasteiger partial charge in [0.15, 0.2) is 0 Å². The van der Waals surface area contributed by atoms with E-state index in [2.05, 4.69) is 10.1 Å². The van der Waals surface area contributed by atoms with Crippen molar-refractivity contribution in [3.05, 3.63) is 76.0 Å². The van der Waals surface area contributed by atoms with Gasteiger partial charge in [-0.05, 0) is 62.4 Å². The first-order valence-electron chi connectivity index (χ1n) is 9.38. The molecule has 1 aromatic heterocycles. The van der Waals surface area contributed by atoms with Gasteiger partial charge in [0, 0.05) is 0 Å². The van der Waals surface area contributed by atoms with Crippen molar-refractivity contribution >= 4 is 17.4 Å². The molecule has 0 aliphatic carbocycles. The first-order chi connectivity index (χ1) is 14.4. The highest BCUT2D eigenvalue weighted by Crippen LogP contribution is 2.20. The average Bonchev–Trinajstić information content (AvgIpc) is 3.06. The van der Waals surface area contributed by atoms with Gasteiger partial charge in [-0.3, -0.25) is 19.7 Å². The van der Waals surface area contributed by atoms with Gasteiger partial charge in [0.1, 0.15) is 11.6 Å². The summed E-state index contributed by atoms with van der Waals surface area (Å²) < 4.78 is 24.7. The van der Waals surface area contributed by atoms with Crippen molar-refractivity contribution in [2.45, 2.75) is 20.3 Å². The third-order valence-electron chi connectivity index (χ3n) is 4.41. The van der Waals surface area contributed by atoms with Gasteiger partial charge in [-0.15, -0.1) is 0 Å². The van der Waals surface area contributed by atoms with E-state index in [-0.39, 0.29) is 12.0 Å². The molecule has 3 aromatic rings. The van der Waals surface area contributed by atoms with Gasteiger partial charge in [-0.2, -0.15) is 0 Å². The molecule has 0 radical (unpaired) electrons. The number of aliphatic imine (C=N–C) groups is 1. The molecule has 0 saturated heterocycles. The smallest absolute Gasteiger partial charge is 0.311 e. The highest BCUT2D eigenvalue weighted by molar-refractivity contribution is 6.01. The number of H-pyrrole nitrogens is 1. The summed E-state index contributed by atoms with van der Waals surface area (Å²) in [7, 11) is 1.28. The van der Waals surface area contributed by atoms with Crippen LogP contribution in [-0.4, -0.2) is 35.2 Å². The number of hydrogen-bond donors (Lipinski definition) is 1. The summed E-state index contributed by atoms with van der Waals surface area (Å²) in [6, 6.07) is 12.6. The zero-order valence-electron chi connectivity index (χ0n) is 16.9. The molecular formula is C22H22FN3O4. The molecule has 7 nitrogen and oxygen atoms in total. The quantitative estimate of drug-likeness (QED) is 0.476. The third-order valence-corrected chi connectivity index (χ3v) is 4.41. The Bertz CT molecular complexity index is 1110. The number of carbonyl (C=O) groups is 1. The summed E-state index contributed by atoms with van der Waals surface area (Å²) in [6.07, 6.45) is -0.134. The van der Waals surface area contributed by atoms with Gasteiger partial charge in [0.25, 0.3) is 5.56 Å². The van der Waals surface area contributed by atoms with Gasteiger partial charge in [-0.25, -0.2) is 9.07 Å². The van der Waals surface area contributed by atoms with Crippen molar-refractivity contribution in [3.63, 3.8) is 0 Å². The van der Waals surface area contributed by atoms with Crippen molar-refractivity contribution in [2.24, 2.45) is 4.99 Å². The van der Waals surface area contributed by atoms with Crippen molar-refractivity contribution in [1.29, 1.82) is 0 Å². The van der Waals surface area contributed by atoms with Crippen molar-refractivity contribution < 1.29 is 18.7 Å². The molecule has 0 amide bonds. The predicted octanol–water partition coefficient (Wildman–Crippen LogP) is 3.56. The van der Waals surface area contributed by atoms with E-state index in [1.165, 1.54) is 36.1 Å². The maximum atomic E-state index is 13.3. The van der Waals surface area contributed by atoms with Crippen LogP contribution in [0.25, 0.3) is 5.69 Å². The fourth-order valence-corrected chi connectivity index (χ4v) is 3.01. The molecule has 0 aliphatic heterocycles. The number of carbonyl (C=O) groups excluding carboxylic acids is 1. The van der Waals surface area contributed by atoms with Gasteiger partial charge in [0.2, 0.25) is 0 Å². The zero-order chi connectivity index (χ0) is 21.7. The van der Waals surface area contributed by atoms with Crippen LogP contribution >= 0.6 is 0 Å². The molecule has 0 atom stereocenters. The lowest BCUT2D eigenvalue weighted by Gasteiger charge is -2.04. The van der Waals surface area contributed by atoms with E-state index in [0.29, 0.717) is 29.4 Å². The number of halogens is 1. The van der Waals surface area contributed by atoms with Crippen molar-refractivity contribution in [1.82, 2.24) is 9.78 Å². The molecule has 3 rings (SSSR count). The SMILES string of the molecule is CCOc1ccc(N=C(C)c2c(CC(=O)OC)[nH]n(-c3ccc(F)cc3)c2=O)cc1. The maximum absolute atomic E-state index is 13.3. The Kier molecular flexibility index (Phi) is 6.46. The maximum Gasteiger partial charge on any atom is 0.311 e. The summed E-state index contributed by atoms with van der Waals surface area (Å²) in [4.78, 5) is 29.5.